The summed E-state index contributed by atoms with van der Waals surface area (Å²) >= 11 is 3.40. The minimum atomic E-state index is 0.0977. The predicted octanol–water partition coefficient (Wildman–Crippen LogP) is 2.76. The SMILES string of the molecule is Cc1csc(CC(N)c2cccs2)n1. The highest BCUT2D eigenvalue weighted by molar-refractivity contribution is 7.10. The van der Waals surface area contributed by atoms with Gasteiger partial charge in [-0.15, -0.1) is 22.7 Å². The summed E-state index contributed by atoms with van der Waals surface area (Å²) in [6.45, 7) is 2.01. The molecule has 14 heavy (non-hydrogen) atoms. The van der Waals surface area contributed by atoms with Crippen LogP contribution in [0.4, 0.5) is 0 Å². The van der Waals surface area contributed by atoms with Gasteiger partial charge in [-0.2, -0.15) is 0 Å². The molecule has 0 amide bonds. The molecule has 2 aromatic heterocycles. The van der Waals surface area contributed by atoms with Crippen LogP contribution in [0.5, 0.6) is 0 Å². The van der Waals surface area contributed by atoms with Crippen molar-refractivity contribution in [3.05, 3.63) is 38.5 Å². The van der Waals surface area contributed by atoms with Crippen molar-refractivity contribution in [1.29, 1.82) is 0 Å². The van der Waals surface area contributed by atoms with Gasteiger partial charge in [0.25, 0.3) is 0 Å². The Balaban J connectivity index is 2.05. The van der Waals surface area contributed by atoms with Crippen molar-refractivity contribution in [3.8, 4) is 0 Å². The molecule has 0 radical (unpaired) electrons. The molecule has 0 spiro atoms. The topological polar surface area (TPSA) is 38.9 Å². The van der Waals surface area contributed by atoms with Crippen molar-refractivity contribution in [1.82, 2.24) is 4.98 Å². The van der Waals surface area contributed by atoms with Gasteiger partial charge < -0.3 is 5.73 Å². The number of nitrogens with two attached hydrogens (primary N) is 1. The molecule has 4 heteroatoms. The van der Waals surface area contributed by atoms with E-state index < -0.39 is 0 Å². The normalized spacial score (nSPS) is 13.0. The van der Waals surface area contributed by atoms with Crippen LogP contribution in [0.15, 0.2) is 22.9 Å². The standard InChI is InChI=1S/C10H12N2S2/c1-7-6-14-10(12-7)5-8(11)9-3-2-4-13-9/h2-4,6,8H,5,11H2,1H3. The minimum Gasteiger partial charge on any atom is -0.323 e. The molecule has 1 atom stereocenters. The van der Waals surface area contributed by atoms with Gasteiger partial charge >= 0.3 is 0 Å². The van der Waals surface area contributed by atoms with Crippen LogP contribution < -0.4 is 5.73 Å². The molecule has 0 aliphatic rings. The third-order valence-electron chi connectivity index (χ3n) is 1.97. The first-order valence-corrected chi connectivity index (χ1v) is 6.21. The first kappa shape index (κ1) is 9.83. The molecule has 0 fully saturated rings. The maximum absolute atomic E-state index is 6.06. The second-order valence-corrected chi connectivity index (χ2v) is 5.13. The van der Waals surface area contributed by atoms with Crippen LogP contribution in [0.2, 0.25) is 0 Å². The van der Waals surface area contributed by atoms with Gasteiger partial charge in [-0.25, -0.2) is 4.98 Å². The van der Waals surface area contributed by atoms with Gasteiger partial charge in [0, 0.05) is 28.4 Å². The highest BCUT2D eigenvalue weighted by Crippen LogP contribution is 2.22. The number of thiazole rings is 1. The Bertz CT molecular complexity index is 392. The number of nitrogens with zero attached hydrogens (tertiary/aromatic N) is 1. The number of aromatic nitrogens is 1. The lowest BCUT2D eigenvalue weighted by Crippen LogP contribution is -2.11. The first-order chi connectivity index (χ1) is 6.75. The molecule has 1 unspecified atom stereocenters. The van der Waals surface area contributed by atoms with Gasteiger partial charge in [0.05, 0.1) is 5.01 Å². The molecule has 2 nitrogen and oxygen atoms in total. The number of hydrogen-bond acceptors (Lipinski definition) is 4. The summed E-state index contributed by atoms with van der Waals surface area (Å²) in [4.78, 5) is 5.64. The van der Waals surface area contributed by atoms with E-state index in [4.69, 9.17) is 5.73 Å². The average Bonchev–Trinajstić information content (AvgIpc) is 2.75. The molecule has 2 N–H and O–H groups in total. The van der Waals surface area contributed by atoms with Gasteiger partial charge in [-0.05, 0) is 18.4 Å². The average molecular weight is 224 g/mol. The van der Waals surface area contributed by atoms with Crippen LogP contribution in [0.3, 0.4) is 0 Å². The number of thiophene rings is 1. The second-order valence-electron chi connectivity index (χ2n) is 3.21. The quantitative estimate of drug-likeness (QED) is 0.870. The lowest BCUT2D eigenvalue weighted by Gasteiger charge is -2.06. The van der Waals surface area contributed by atoms with Gasteiger partial charge in [0.1, 0.15) is 0 Å². The van der Waals surface area contributed by atoms with Crippen molar-refractivity contribution >= 4 is 22.7 Å². The molecule has 74 valence electrons. The maximum Gasteiger partial charge on any atom is 0.0947 e. The van der Waals surface area contributed by atoms with Crippen molar-refractivity contribution in [2.24, 2.45) is 5.73 Å². The lowest BCUT2D eigenvalue weighted by molar-refractivity contribution is 0.731. The number of hydrogen-bond donors (Lipinski definition) is 1. The molecule has 0 saturated heterocycles. The molecular weight excluding hydrogens is 212 g/mol. The van der Waals surface area contributed by atoms with Gasteiger partial charge in [0.15, 0.2) is 0 Å². The summed E-state index contributed by atoms with van der Waals surface area (Å²) in [5.74, 6) is 0. The second kappa shape index (κ2) is 4.21. The van der Waals surface area contributed by atoms with Gasteiger partial charge in [0.2, 0.25) is 0 Å². The number of rotatable bonds is 3. The Kier molecular flexibility index (Phi) is 2.96. The fraction of sp³-hybridized carbons (Fsp3) is 0.300. The zero-order valence-corrected chi connectivity index (χ0v) is 9.57. The molecule has 2 aromatic rings. The van der Waals surface area contributed by atoms with Crippen LogP contribution in [0, 0.1) is 6.92 Å². The summed E-state index contributed by atoms with van der Waals surface area (Å²) < 4.78 is 0. The summed E-state index contributed by atoms with van der Waals surface area (Å²) in [6.07, 6.45) is 0.846. The smallest absolute Gasteiger partial charge is 0.0947 e. The molecule has 0 aromatic carbocycles. The van der Waals surface area contributed by atoms with E-state index in [1.807, 2.05) is 13.0 Å². The Morgan fingerprint density at radius 3 is 2.93 bits per heavy atom. The first-order valence-electron chi connectivity index (χ1n) is 4.45. The van der Waals surface area contributed by atoms with E-state index >= 15 is 0 Å². The van der Waals surface area contributed by atoms with E-state index in [1.54, 1.807) is 22.7 Å². The summed E-state index contributed by atoms with van der Waals surface area (Å²) in [7, 11) is 0. The highest BCUT2D eigenvalue weighted by atomic mass is 32.1. The van der Waals surface area contributed by atoms with Crippen LogP contribution in [0.1, 0.15) is 21.6 Å². The molecule has 2 rings (SSSR count). The van der Waals surface area contributed by atoms with Crippen LogP contribution in [-0.4, -0.2) is 4.98 Å². The Hall–Kier alpha value is -0.710. The monoisotopic (exact) mass is 224 g/mol. The molecule has 2 heterocycles. The summed E-state index contributed by atoms with van der Waals surface area (Å²) in [5, 5.41) is 5.25. The third-order valence-corrected chi connectivity index (χ3v) is 3.96. The fourth-order valence-electron chi connectivity index (χ4n) is 1.29. The Morgan fingerprint density at radius 1 is 1.50 bits per heavy atom. The van der Waals surface area contributed by atoms with Gasteiger partial charge in [-0.3, -0.25) is 0 Å². The zero-order valence-electron chi connectivity index (χ0n) is 7.93. The molecule has 0 bridgehead atoms. The van der Waals surface area contributed by atoms with Crippen LogP contribution in [0.25, 0.3) is 0 Å². The predicted molar refractivity (Wildman–Crippen MR) is 61.8 cm³/mol. The van der Waals surface area contributed by atoms with E-state index in [2.05, 4.69) is 21.8 Å². The minimum absolute atomic E-state index is 0.0977. The zero-order chi connectivity index (χ0) is 9.97. The van der Waals surface area contributed by atoms with Gasteiger partial charge in [-0.1, -0.05) is 6.07 Å². The lowest BCUT2D eigenvalue weighted by atomic mass is 10.2. The van der Waals surface area contributed by atoms with Crippen LogP contribution in [-0.2, 0) is 6.42 Å². The Morgan fingerprint density at radius 2 is 2.36 bits per heavy atom. The van der Waals surface area contributed by atoms with E-state index in [1.165, 1.54) is 4.88 Å². The van der Waals surface area contributed by atoms with Crippen molar-refractivity contribution in [2.45, 2.75) is 19.4 Å². The van der Waals surface area contributed by atoms with E-state index in [-0.39, 0.29) is 6.04 Å². The van der Waals surface area contributed by atoms with E-state index in [0.717, 1.165) is 17.1 Å². The maximum atomic E-state index is 6.06. The molecule has 0 saturated carbocycles. The van der Waals surface area contributed by atoms with Crippen molar-refractivity contribution in [3.63, 3.8) is 0 Å². The largest absolute Gasteiger partial charge is 0.323 e. The summed E-state index contributed by atoms with van der Waals surface area (Å²) in [5.41, 5.74) is 7.14. The van der Waals surface area contributed by atoms with E-state index in [9.17, 15) is 0 Å². The van der Waals surface area contributed by atoms with Crippen molar-refractivity contribution in [2.75, 3.05) is 0 Å². The third kappa shape index (κ3) is 2.20. The summed E-state index contributed by atoms with van der Waals surface area (Å²) in [6, 6.07) is 4.21. The molecular formula is C10H12N2S2. The molecule has 0 aliphatic heterocycles. The van der Waals surface area contributed by atoms with Crippen LogP contribution >= 0.6 is 22.7 Å². The van der Waals surface area contributed by atoms with Crippen molar-refractivity contribution < 1.29 is 0 Å². The Labute approximate surface area is 91.4 Å². The number of aryl methyl sites for hydroxylation is 1. The fourth-order valence-corrected chi connectivity index (χ4v) is 2.85. The van der Waals surface area contributed by atoms with E-state index in [0.29, 0.717) is 0 Å². The molecule has 0 aliphatic carbocycles. The highest BCUT2D eigenvalue weighted by Gasteiger charge is 2.09.